The van der Waals surface area contributed by atoms with Gasteiger partial charge >= 0.3 is 5.97 Å². The smallest absolute Gasteiger partial charge is 0.310 e. The van der Waals surface area contributed by atoms with Crippen LogP contribution in [0.5, 0.6) is 0 Å². The molecule has 2 aliphatic heterocycles. The first-order chi connectivity index (χ1) is 7.09. The Labute approximate surface area is 88.4 Å². The summed E-state index contributed by atoms with van der Waals surface area (Å²) >= 11 is 0. The van der Waals surface area contributed by atoms with Crippen LogP contribution in [0.15, 0.2) is 0 Å². The van der Waals surface area contributed by atoms with Gasteiger partial charge in [0.25, 0.3) is 0 Å². The van der Waals surface area contributed by atoms with Gasteiger partial charge in [0.1, 0.15) is 0 Å². The molecule has 0 spiro atoms. The second-order valence-corrected chi connectivity index (χ2v) is 4.48. The first-order valence-electron chi connectivity index (χ1n) is 5.34. The molecule has 0 aromatic heterocycles. The summed E-state index contributed by atoms with van der Waals surface area (Å²) in [7, 11) is 0. The number of nitrogens with zero attached hydrogens (tertiary/aromatic N) is 1. The Hall–Kier alpha value is -1.10. The lowest BCUT2D eigenvalue weighted by atomic mass is 9.96. The van der Waals surface area contributed by atoms with Crippen LogP contribution in [0.1, 0.15) is 13.3 Å². The van der Waals surface area contributed by atoms with E-state index < -0.39 is 5.97 Å². The lowest BCUT2D eigenvalue weighted by Crippen LogP contribution is -2.58. The van der Waals surface area contributed by atoms with E-state index in [2.05, 4.69) is 12.2 Å². The number of amides is 1. The molecular weight excluding hydrogens is 196 g/mol. The number of carboxylic acid groups (broad SMARTS) is 1. The Morgan fingerprint density at radius 3 is 2.53 bits per heavy atom. The van der Waals surface area contributed by atoms with E-state index in [4.69, 9.17) is 5.11 Å². The lowest BCUT2D eigenvalue weighted by molar-refractivity contribution is -0.153. The molecule has 2 aliphatic rings. The SMILES string of the molecule is CC1CCNC1C(=O)N1CC(C(=O)O)C1. The van der Waals surface area contributed by atoms with Gasteiger partial charge in [-0.15, -0.1) is 0 Å². The monoisotopic (exact) mass is 212 g/mol. The zero-order valence-corrected chi connectivity index (χ0v) is 8.77. The maximum absolute atomic E-state index is 11.9. The summed E-state index contributed by atoms with van der Waals surface area (Å²) in [4.78, 5) is 24.1. The highest BCUT2D eigenvalue weighted by atomic mass is 16.4. The predicted octanol–water partition coefficient (Wildman–Crippen LogP) is -0.473. The van der Waals surface area contributed by atoms with Crippen molar-refractivity contribution < 1.29 is 14.7 Å². The summed E-state index contributed by atoms with van der Waals surface area (Å²) in [5.74, 6) is -0.726. The molecule has 84 valence electrons. The van der Waals surface area contributed by atoms with Crippen molar-refractivity contribution in [1.29, 1.82) is 0 Å². The highest BCUT2D eigenvalue weighted by Crippen LogP contribution is 2.22. The fourth-order valence-electron chi connectivity index (χ4n) is 2.18. The van der Waals surface area contributed by atoms with Crippen molar-refractivity contribution in [1.82, 2.24) is 10.2 Å². The first-order valence-corrected chi connectivity index (χ1v) is 5.34. The van der Waals surface area contributed by atoms with E-state index in [0.29, 0.717) is 19.0 Å². The zero-order chi connectivity index (χ0) is 11.0. The third-order valence-electron chi connectivity index (χ3n) is 3.34. The number of rotatable bonds is 2. The highest BCUT2D eigenvalue weighted by molar-refractivity contribution is 5.85. The summed E-state index contributed by atoms with van der Waals surface area (Å²) in [6.07, 6.45) is 1.02. The zero-order valence-electron chi connectivity index (χ0n) is 8.77. The van der Waals surface area contributed by atoms with E-state index in [1.54, 1.807) is 4.90 Å². The van der Waals surface area contributed by atoms with Crippen LogP contribution in [-0.2, 0) is 9.59 Å². The average Bonchev–Trinajstić information content (AvgIpc) is 2.47. The maximum Gasteiger partial charge on any atom is 0.310 e. The Morgan fingerprint density at radius 1 is 1.40 bits per heavy atom. The maximum atomic E-state index is 11.9. The van der Waals surface area contributed by atoms with Gasteiger partial charge in [-0.1, -0.05) is 6.92 Å². The normalized spacial score (nSPS) is 31.4. The molecule has 2 atom stereocenters. The van der Waals surface area contributed by atoms with Crippen molar-refractivity contribution in [3.05, 3.63) is 0 Å². The quantitative estimate of drug-likeness (QED) is 0.649. The van der Waals surface area contributed by atoms with Gasteiger partial charge in [0.05, 0.1) is 12.0 Å². The Balaban J connectivity index is 1.86. The number of likely N-dealkylation sites (tertiary alicyclic amines) is 1. The fraction of sp³-hybridized carbons (Fsp3) is 0.800. The van der Waals surface area contributed by atoms with Crippen LogP contribution in [0.2, 0.25) is 0 Å². The fourth-order valence-corrected chi connectivity index (χ4v) is 2.18. The van der Waals surface area contributed by atoms with Crippen molar-refractivity contribution in [3.8, 4) is 0 Å². The number of carbonyl (C=O) groups excluding carboxylic acids is 1. The average molecular weight is 212 g/mol. The molecule has 5 nitrogen and oxygen atoms in total. The summed E-state index contributed by atoms with van der Waals surface area (Å²) in [6, 6.07) is -0.0975. The molecule has 5 heteroatoms. The molecule has 2 unspecified atom stereocenters. The number of hydrogen-bond donors (Lipinski definition) is 2. The molecule has 15 heavy (non-hydrogen) atoms. The van der Waals surface area contributed by atoms with Gasteiger partial charge in [0, 0.05) is 13.1 Å². The van der Waals surface area contributed by atoms with Crippen LogP contribution in [0.25, 0.3) is 0 Å². The Morgan fingerprint density at radius 2 is 2.07 bits per heavy atom. The molecule has 0 radical (unpaired) electrons. The molecule has 2 rings (SSSR count). The number of nitrogens with one attached hydrogen (secondary N) is 1. The molecule has 2 fully saturated rings. The van der Waals surface area contributed by atoms with Crippen LogP contribution in [-0.4, -0.2) is 47.6 Å². The topological polar surface area (TPSA) is 69.6 Å². The van der Waals surface area contributed by atoms with E-state index in [1.807, 2.05) is 0 Å². The van der Waals surface area contributed by atoms with Crippen molar-refractivity contribution >= 4 is 11.9 Å². The molecule has 0 aromatic rings. The molecular formula is C10H16N2O3. The number of aliphatic carboxylic acids is 1. The van der Waals surface area contributed by atoms with E-state index in [-0.39, 0.29) is 17.9 Å². The van der Waals surface area contributed by atoms with Gasteiger partial charge in [-0.05, 0) is 18.9 Å². The summed E-state index contributed by atoms with van der Waals surface area (Å²) < 4.78 is 0. The highest BCUT2D eigenvalue weighted by Gasteiger charge is 2.40. The molecule has 2 heterocycles. The minimum Gasteiger partial charge on any atom is -0.481 e. The Bertz CT molecular complexity index is 286. The van der Waals surface area contributed by atoms with Crippen molar-refractivity contribution in [3.63, 3.8) is 0 Å². The van der Waals surface area contributed by atoms with Gasteiger partial charge in [0.2, 0.25) is 5.91 Å². The number of hydrogen-bond acceptors (Lipinski definition) is 3. The summed E-state index contributed by atoms with van der Waals surface area (Å²) in [6.45, 7) is 3.68. The first kappa shape index (κ1) is 10.4. The second kappa shape index (κ2) is 3.81. The molecule has 0 aliphatic carbocycles. The van der Waals surface area contributed by atoms with Crippen LogP contribution in [0, 0.1) is 11.8 Å². The van der Waals surface area contributed by atoms with E-state index in [9.17, 15) is 9.59 Å². The summed E-state index contributed by atoms with van der Waals surface area (Å²) in [5.41, 5.74) is 0. The largest absolute Gasteiger partial charge is 0.481 e. The Kier molecular flexibility index (Phi) is 2.65. The number of carbonyl (C=O) groups is 2. The van der Waals surface area contributed by atoms with E-state index in [0.717, 1.165) is 13.0 Å². The van der Waals surface area contributed by atoms with Gasteiger partial charge in [-0.2, -0.15) is 0 Å². The molecule has 0 aromatic carbocycles. The van der Waals surface area contributed by atoms with Gasteiger partial charge in [-0.25, -0.2) is 0 Å². The molecule has 2 N–H and O–H groups in total. The van der Waals surface area contributed by atoms with Crippen molar-refractivity contribution in [2.24, 2.45) is 11.8 Å². The van der Waals surface area contributed by atoms with Crippen LogP contribution >= 0.6 is 0 Å². The molecule has 1 amide bonds. The molecule has 2 saturated heterocycles. The van der Waals surface area contributed by atoms with Crippen molar-refractivity contribution in [2.45, 2.75) is 19.4 Å². The lowest BCUT2D eigenvalue weighted by Gasteiger charge is -2.38. The third kappa shape index (κ3) is 1.84. The van der Waals surface area contributed by atoms with E-state index in [1.165, 1.54) is 0 Å². The molecule has 0 saturated carbocycles. The van der Waals surface area contributed by atoms with Gasteiger partial charge in [-0.3, -0.25) is 9.59 Å². The van der Waals surface area contributed by atoms with Crippen LogP contribution in [0.3, 0.4) is 0 Å². The van der Waals surface area contributed by atoms with Gasteiger partial charge < -0.3 is 15.3 Å². The van der Waals surface area contributed by atoms with Crippen LogP contribution in [0.4, 0.5) is 0 Å². The second-order valence-electron chi connectivity index (χ2n) is 4.48. The van der Waals surface area contributed by atoms with Gasteiger partial charge in [0.15, 0.2) is 0 Å². The van der Waals surface area contributed by atoms with E-state index >= 15 is 0 Å². The number of carboxylic acids is 1. The third-order valence-corrected chi connectivity index (χ3v) is 3.34. The molecule has 0 bridgehead atoms. The van der Waals surface area contributed by atoms with Crippen LogP contribution < -0.4 is 5.32 Å². The minimum atomic E-state index is -0.800. The van der Waals surface area contributed by atoms with Crippen molar-refractivity contribution in [2.75, 3.05) is 19.6 Å². The summed E-state index contributed by atoms with van der Waals surface area (Å²) in [5, 5.41) is 11.9. The standard InChI is InChI=1S/C10H16N2O3/c1-6-2-3-11-8(6)9(13)12-4-7(5-12)10(14)15/h6-8,11H,2-5H2,1H3,(H,14,15). The predicted molar refractivity (Wildman–Crippen MR) is 53.3 cm³/mol. The minimum absolute atomic E-state index is 0.0671.